The minimum atomic E-state index is -1.01. The van der Waals surface area contributed by atoms with Crippen molar-refractivity contribution in [3.63, 3.8) is 0 Å². The maximum absolute atomic E-state index is 11.8. The minimum absolute atomic E-state index is 0.240. The van der Waals surface area contributed by atoms with Gasteiger partial charge in [0.15, 0.2) is 6.10 Å². The fourth-order valence-corrected chi connectivity index (χ4v) is 2.61. The van der Waals surface area contributed by atoms with Gasteiger partial charge in [-0.05, 0) is 19.8 Å². The smallest absolute Gasteiger partial charge is 0.332 e. The fraction of sp³-hybridized carbons (Fsp3) is 0.583. The average Bonchev–Trinajstić information content (AvgIpc) is 2.98. The van der Waals surface area contributed by atoms with Gasteiger partial charge >= 0.3 is 5.97 Å². The monoisotopic (exact) mass is 284 g/mol. The first kappa shape index (κ1) is 14.0. The lowest BCUT2D eigenvalue weighted by Crippen LogP contribution is -2.36. The van der Waals surface area contributed by atoms with Gasteiger partial charge < -0.3 is 15.2 Å². The molecule has 1 aromatic heterocycles. The molecule has 2 rings (SSSR count). The number of nitrogens with one attached hydrogen (secondary N) is 1. The number of carboxylic acids is 1. The molecule has 0 saturated carbocycles. The first-order valence-electron chi connectivity index (χ1n) is 6.13. The van der Waals surface area contributed by atoms with Crippen molar-refractivity contribution in [1.29, 1.82) is 0 Å². The normalized spacial score (nSPS) is 22.4. The van der Waals surface area contributed by atoms with Crippen LogP contribution in [0.5, 0.6) is 0 Å². The zero-order chi connectivity index (χ0) is 13.8. The van der Waals surface area contributed by atoms with Gasteiger partial charge in [0.1, 0.15) is 6.10 Å². The van der Waals surface area contributed by atoms with Crippen LogP contribution in [-0.4, -0.2) is 40.7 Å². The van der Waals surface area contributed by atoms with Crippen LogP contribution in [0.15, 0.2) is 5.38 Å². The van der Waals surface area contributed by atoms with Crippen molar-refractivity contribution in [2.24, 2.45) is 0 Å². The summed E-state index contributed by atoms with van der Waals surface area (Å²) in [6.07, 6.45) is 0.0258. The van der Waals surface area contributed by atoms with E-state index >= 15 is 0 Å². The third-order valence-electron chi connectivity index (χ3n) is 2.93. The van der Waals surface area contributed by atoms with Crippen LogP contribution < -0.4 is 5.32 Å². The highest BCUT2D eigenvalue weighted by Crippen LogP contribution is 2.19. The molecule has 0 bridgehead atoms. The quantitative estimate of drug-likeness (QED) is 0.832. The number of nitrogens with zero attached hydrogens (tertiary/aromatic N) is 1. The van der Waals surface area contributed by atoms with E-state index in [1.54, 1.807) is 11.3 Å². The molecule has 0 radical (unpaired) electrons. The molecule has 2 N–H and O–H groups in total. The molecule has 1 amide bonds. The highest BCUT2D eigenvalue weighted by Gasteiger charge is 2.34. The Morgan fingerprint density at radius 1 is 1.53 bits per heavy atom. The Balaban J connectivity index is 1.72. The Kier molecular flexibility index (Phi) is 4.49. The molecule has 2 heterocycles. The lowest BCUT2D eigenvalue weighted by atomic mass is 10.2. The van der Waals surface area contributed by atoms with Crippen molar-refractivity contribution in [3.8, 4) is 0 Å². The molecule has 1 aromatic rings. The van der Waals surface area contributed by atoms with E-state index in [0.717, 1.165) is 10.7 Å². The second-order valence-corrected chi connectivity index (χ2v) is 5.49. The number of carbonyl (C=O) groups excluding carboxylic acids is 1. The standard InChI is InChI=1S/C12H16N2O4S/c1-7-14-8(6-19-7)4-5-13-11(15)9-2-3-10(18-9)12(16)17/h6,9-10H,2-5H2,1H3,(H,13,15)(H,16,17)/t9-,10+/m0/s1. The van der Waals surface area contributed by atoms with E-state index in [-0.39, 0.29) is 5.91 Å². The number of amides is 1. The number of thiazole rings is 1. The van der Waals surface area contributed by atoms with Crippen molar-refractivity contribution in [2.45, 2.75) is 38.4 Å². The SMILES string of the molecule is Cc1nc(CCNC(=O)[C@@H]2CC[C@H](C(=O)O)O2)cs1. The van der Waals surface area contributed by atoms with Gasteiger partial charge in [-0.3, -0.25) is 4.79 Å². The van der Waals surface area contributed by atoms with E-state index < -0.39 is 18.2 Å². The molecule has 1 aliphatic heterocycles. The Labute approximate surface area is 114 Å². The Morgan fingerprint density at radius 2 is 2.26 bits per heavy atom. The van der Waals surface area contributed by atoms with Crippen molar-refractivity contribution in [3.05, 3.63) is 16.1 Å². The Bertz CT molecular complexity index is 474. The highest BCUT2D eigenvalue weighted by atomic mass is 32.1. The molecule has 0 aliphatic carbocycles. The number of ether oxygens (including phenoxy) is 1. The first-order chi connectivity index (χ1) is 9.06. The molecule has 1 saturated heterocycles. The number of carbonyl (C=O) groups is 2. The van der Waals surface area contributed by atoms with Gasteiger partial charge in [-0.1, -0.05) is 0 Å². The van der Waals surface area contributed by atoms with Crippen LogP contribution in [0.3, 0.4) is 0 Å². The van der Waals surface area contributed by atoms with Gasteiger partial charge in [0.05, 0.1) is 10.7 Å². The molecule has 104 valence electrons. The lowest BCUT2D eigenvalue weighted by Gasteiger charge is -2.11. The van der Waals surface area contributed by atoms with Gasteiger partial charge in [-0.2, -0.15) is 0 Å². The van der Waals surface area contributed by atoms with Crippen molar-refractivity contribution >= 4 is 23.2 Å². The van der Waals surface area contributed by atoms with Crippen LogP contribution in [0.25, 0.3) is 0 Å². The summed E-state index contributed by atoms with van der Waals surface area (Å²) in [4.78, 5) is 26.8. The lowest BCUT2D eigenvalue weighted by molar-refractivity contribution is -0.151. The molecule has 1 aliphatic rings. The Morgan fingerprint density at radius 3 is 2.84 bits per heavy atom. The number of rotatable bonds is 5. The van der Waals surface area contributed by atoms with E-state index in [4.69, 9.17) is 9.84 Å². The topological polar surface area (TPSA) is 88.5 Å². The van der Waals surface area contributed by atoms with E-state index in [0.29, 0.717) is 25.8 Å². The largest absolute Gasteiger partial charge is 0.479 e. The molecular formula is C12H16N2O4S. The molecule has 1 fully saturated rings. The summed E-state index contributed by atoms with van der Waals surface area (Å²) in [5.74, 6) is -1.25. The average molecular weight is 284 g/mol. The zero-order valence-corrected chi connectivity index (χ0v) is 11.4. The van der Waals surface area contributed by atoms with Gasteiger partial charge in [0.25, 0.3) is 0 Å². The summed E-state index contributed by atoms with van der Waals surface area (Å²) in [7, 11) is 0. The molecule has 0 spiro atoms. The van der Waals surface area contributed by atoms with Crippen LogP contribution in [0.2, 0.25) is 0 Å². The predicted octanol–water partition coefficient (Wildman–Crippen LogP) is 0.742. The molecular weight excluding hydrogens is 268 g/mol. The molecule has 2 atom stereocenters. The van der Waals surface area contributed by atoms with Crippen LogP contribution in [-0.2, 0) is 20.7 Å². The maximum Gasteiger partial charge on any atom is 0.332 e. The summed E-state index contributed by atoms with van der Waals surface area (Å²) in [5, 5.41) is 14.5. The van der Waals surface area contributed by atoms with Crippen LogP contribution in [0, 0.1) is 6.92 Å². The summed E-state index contributed by atoms with van der Waals surface area (Å²) < 4.78 is 5.17. The minimum Gasteiger partial charge on any atom is -0.479 e. The molecule has 0 unspecified atom stereocenters. The number of hydrogen-bond acceptors (Lipinski definition) is 5. The van der Waals surface area contributed by atoms with Crippen molar-refractivity contribution in [1.82, 2.24) is 10.3 Å². The summed E-state index contributed by atoms with van der Waals surface area (Å²) in [5.41, 5.74) is 0.957. The van der Waals surface area contributed by atoms with Gasteiger partial charge in [0.2, 0.25) is 5.91 Å². The third kappa shape index (κ3) is 3.74. The van der Waals surface area contributed by atoms with E-state index in [1.807, 2.05) is 12.3 Å². The van der Waals surface area contributed by atoms with Gasteiger partial charge in [0, 0.05) is 18.3 Å². The van der Waals surface area contributed by atoms with E-state index in [9.17, 15) is 9.59 Å². The zero-order valence-electron chi connectivity index (χ0n) is 10.6. The molecule has 6 nitrogen and oxygen atoms in total. The third-order valence-corrected chi connectivity index (χ3v) is 3.76. The molecule has 0 aromatic carbocycles. The summed E-state index contributed by atoms with van der Waals surface area (Å²) in [6.45, 7) is 2.42. The van der Waals surface area contributed by atoms with Crippen LogP contribution in [0.4, 0.5) is 0 Å². The van der Waals surface area contributed by atoms with Crippen molar-refractivity contribution < 1.29 is 19.4 Å². The van der Waals surface area contributed by atoms with Crippen LogP contribution in [0.1, 0.15) is 23.5 Å². The first-order valence-corrected chi connectivity index (χ1v) is 7.01. The van der Waals surface area contributed by atoms with Crippen LogP contribution >= 0.6 is 11.3 Å². The van der Waals surface area contributed by atoms with Gasteiger partial charge in [-0.15, -0.1) is 11.3 Å². The number of aliphatic carboxylic acids is 1. The second kappa shape index (κ2) is 6.12. The fourth-order valence-electron chi connectivity index (χ4n) is 1.96. The maximum atomic E-state index is 11.8. The summed E-state index contributed by atoms with van der Waals surface area (Å²) in [6, 6.07) is 0. The Hall–Kier alpha value is -1.47. The van der Waals surface area contributed by atoms with Gasteiger partial charge in [-0.25, -0.2) is 9.78 Å². The second-order valence-electron chi connectivity index (χ2n) is 4.43. The number of hydrogen-bond donors (Lipinski definition) is 2. The molecule has 19 heavy (non-hydrogen) atoms. The number of aryl methyl sites for hydroxylation is 1. The van der Waals surface area contributed by atoms with E-state index in [1.165, 1.54) is 0 Å². The predicted molar refractivity (Wildman–Crippen MR) is 69.1 cm³/mol. The van der Waals surface area contributed by atoms with Crippen molar-refractivity contribution in [2.75, 3.05) is 6.54 Å². The van der Waals surface area contributed by atoms with E-state index in [2.05, 4.69) is 10.3 Å². The highest BCUT2D eigenvalue weighted by molar-refractivity contribution is 7.09. The molecule has 7 heteroatoms. The number of aromatic nitrogens is 1. The number of carboxylic acid groups (broad SMARTS) is 1. The summed E-state index contributed by atoms with van der Waals surface area (Å²) >= 11 is 1.58.